The van der Waals surface area contributed by atoms with E-state index in [1.54, 1.807) is 19.1 Å². The lowest BCUT2D eigenvalue weighted by Crippen LogP contribution is -2.42. The van der Waals surface area contributed by atoms with Crippen LogP contribution in [0.3, 0.4) is 0 Å². The fourth-order valence-electron chi connectivity index (χ4n) is 2.22. The Hall–Kier alpha value is -1.48. The van der Waals surface area contributed by atoms with Crippen molar-refractivity contribution < 1.29 is 17.7 Å². The molecular weight excluding hydrogens is 330 g/mol. The Morgan fingerprint density at radius 2 is 2.23 bits per heavy atom. The molecule has 1 aromatic carbocycles. The van der Waals surface area contributed by atoms with Gasteiger partial charge in [0, 0.05) is 25.0 Å². The van der Waals surface area contributed by atoms with Crippen LogP contribution in [0.25, 0.3) is 0 Å². The fourth-order valence-corrected chi connectivity index (χ4v) is 3.95. The molecule has 1 atom stereocenters. The zero-order chi connectivity index (χ0) is 15.7. The van der Waals surface area contributed by atoms with E-state index in [0.717, 1.165) is 0 Å². The lowest BCUT2D eigenvalue weighted by atomic mass is 10.3. The molecule has 7 nitrogen and oxygen atoms in total. The van der Waals surface area contributed by atoms with E-state index < -0.39 is 16.1 Å². The van der Waals surface area contributed by atoms with E-state index in [4.69, 9.17) is 20.9 Å². The van der Waals surface area contributed by atoms with Crippen molar-refractivity contribution in [3.05, 3.63) is 41.0 Å². The number of morpholine rings is 1. The molecule has 1 saturated heterocycles. The minimum absolute atomic E-state index is 0.133. The minimum Gasteiger partial charge on any atom is -0.367 e. The van der Waals surface area contributed by atoms with Crippen LogP contribution < -0.4 is 0 Å². The van der Waals surface area contributed by atoms with Crippen LogP contribution in [0.2, 0.25) is 5.02 Å². The lowest BCUT2D eigenvalue weighted by molar-refractivity contribution is -0.00858. The Kier molecular flexibility index (Phi) is 4.18. The first-order valence-electron chi connectivity index (χ1n) is 6.64. The van der Waals surface area contributed by atoms with Crippen molar-refractivity contribution in [2.75, 3.05) is 19.7 Å². The maximum atomic E-state index is 12.7. The SMILES string of the molecule is Cc1nc([C@H]2CN(S(=O)(=O)c3cccc(Cl)c3)CCO2)no1. The summed E-state index contributed by atoms with van der Waals surface area (Å²) >= 11 is 5.88. The lowest BCUT2D eigenvalue weighted by Gasteiger charge is -2.30. The molecule has 2 heterocycles. The molecule has 1 aliphatic heterocycles. The molecule has 22 heavy (non-hydrogen) atoms. The Bertz CT molecular complexity index is 777. The number of hydrogen-bond donors (Lipinski definition) is 0. The normalized spacial score (nSPS) is 20.2. The average molecular weight is 344 g/mol. The van der Waals surface area contributed by atoms with Crippen molar-refractivity contribution >= 4 is 21.6 Å². The number of benzene rings is 1. The summed E-state index contributed by atoms with van der Waals surface area (Å²) in [5, 5.41) is 4.16. The van der Waals surface area contributed by atoms with Crippen molar-refractivity contribution in [3.8, 4) is 0 Å². The third-order valence-electron chi connectivity index (χ3n) is 3.29. The first kappa shape index (κ1) is 15.4. The highest BCUT2D eigenvalue weighted by molar-refractivity contribution is 7.89. The van der Waals surface area contributed by atoms with Crippen molar-refractivity contribution in [2.45, 2.75) is 17.9 Å². The third-order valence-corrected chi connectivity index (χ3v) is 5.39. The van der Waals surface area contributed by atoms with E-state index >= 15 is 0 Å². The molecule has 0 radical (unpaired) electrons. The summed E-state index contributed by atoms with van der Waals surface area (Å²) < 4.78 is 37.1. The van der Waals surface area contributed by atoms with E-state index in [2.05, 4.69) is 10.1 Å². The number of halogens is 1. The average Bonchev–Trinajstić information content (AvgIpc) is 2.94. The van der Waals surface area contributed by atoms with Gasteiger partial charge in [0.1, 0.15) is 6.10 Å². The minimum atomic E-state index is -3.64. The first-order chi connectivity index (χ1) is 10.5. The van der Waals surface area contributed by atoms with Gasteiger partial charge in [0.2, 0.25) is 21.7 Å². The standard InChI is InChI=1S/C13H14ClN3O4S/c1-9-15-13(16-21-9)12-8-17(5-6-20-12)22(18,19)11-4-2-3-10(14)7-11/h2-4,7,12H,5-6,8H2,1H3/t12-/m1/s1. The molecule has 0 unspecified atom stereocenters. The van der Waals surface area contributed by atoms with Crippen molar-refractivity contribution in [2.24, 2.45) is 0 Å². The molecule has 9 heteroatoms. The van der Waals surface area contributed by atoms with Crippen LogP contribution >= 0.6 is 11.6 Å². The molecule has 0 bridgehead atoms. The van der Waals surface area contributed by atoms with E-state index in [0.29, 0.717) is 16.7 Å². The molecule has 1 fully saturated rings. The van der Waals surface area contributed by atoms with Crippen LogP contribution in [-0.2, 0) is 14.8 Å². The van der Waals surface area contributed by atoms with Gasteiger partial charge in [-0.15, -0.1) is 0 Å². The topological polar surface area (TPSA) is 85.5 Å². The molecule has 0 N–H and O–H groups in total. The highest BCUT2D eigenvalue weighted by Crippen LogP contribution is 2.26. The van der Waals surface area contributed by atoms with Crippen molar-refractivity contribution in [1.29, 1.82) is 0 Å². The van der Waals surface area contributed by atoms with Gasteiger partial charge in [0.25, 0.3) is 0 Å². The fraction of sp³-hybridized carbons (Fsp3) is 0.385. The highest BCUT2D eigenvalue weighted by Gasteiger charge is 2.33. The van der Waals surface area contributed by atoms with Crippen molar-refractivity contribution in [3.63, 3.8) is 0 Å². The number of aryl methyl sites for hydroxylation is 1. The largest absolute Gasteiger partial charge is 0.367 e. The second kappa shape index (κ2) is 5.96. The zero-order valence-electron chi connectivity index (χ0n) is 11.8. The maximum absolute atomic E-state index is 12.7. The van der Waals surface area contributed by atoms with Gasteiger partial charge in [0.05, 0.1) is 11.5 Å². The molecular formula is C13H14ClN3O4S. The molecule has 118 valence electrons. The molecule has 0 aliphatic carbocycles. The molecule has 2 aromatic rings. The van der Waals surface area contributed by atoms with Crippen LogP contribution in [0.4, 0.5) is 0 Å². The molecule has 3 rings (SSSR count). The van der Waals surface area contributed by atoms with Crippen LogP contribution in [-0.4, -0.2) is 42.6 Å². The van der Waals surface area contributed by atoms with Gasteiger partial charge in [-0.1, -0.05) is 22.8 Å². The summed E-state index contributed by atoms with van der Waals surface area (Å²) in [6.07, 6.45) is -0.542. The number of rotatable bonds is 3. The maximum Gasteiger partial charge on any atom is 0.243 e. The van der Waals surface area contributed by atoms with Crippen LogP contribution in [0.5, 0.6) is 0 Å². The Balaban J connectivity index is 1.85. The van der Waals surface area contributed by atoms with Crippen molar-refractivity contribution in [1.82, 2.24) is 14.4 Å². The summed E-state index contributed by atoms with van der Waals surface area (Å²) in [5.74, 6) is 0.761. The van der Waals surface area contributed by atoms with Gasteiger partial charge in [-0.2, -0.15) is 9.29 Å². The number of aromatic nitrogens is 2. The molecule has 0 saturated carbocycles. The van der Waals surface area contributed by atoms with Gasteiger partial charge < -0.3 is 9.26 Å². The predicted molar refractivity (Wildman–Crippen MR) is 77.9 cm³/mol. The van der Waals surface area contributed by atoms with E-state index in [-0.39, 0.29) is 24.6 Å². The summed E-state index contributed by atoms with van der Waals surface area (Å²) in [5.41, 5.74) is 0. The monoisotopic (exact) mass is 343 g/mol. The summed E-state index contributed by atoms with van der Waals surface area (Å²) in [6, 6.07) is 6.19. The second-order valence-electron chi connectivity index (χ2n) is 4.85. The molecule has 0 spiro atoms. The highest BCUT2D eigenvalue weighted by atomic mass is 35.5. The zero-order valence-corrected chi connectivity index (χ0v) is 13.3. The number of hydrogen-bond acceptors (Lipinski definition) is 6. The van der Waals surface area contributed by atoms with Crippen LogP contribution in [0.1, 0.15) is 17.8 Å². The number of sulfonamides is 1. The van der Waals surface area contributed by atoms with Gasteiger partial charge in [0.15, 0.2) is 0 Å². The van der Waals surface area contributed by atoms with E-state index in [1.807, 2.05) is 0 Å². The van der Waals surface area contributed by atoms with E-state index in [9.17, 15) is 8.42 Å². The van der Waals surface area contributed by atoms with Gasteiger partial charge in [-0.3, -0.25) is 0 Å². The van der Waals surface area contributed by atoms with Gasteiger partial charge in [-0.25, -0.2) is 8.42 Å². The Morgan fingerprint density at radius 3 is 2.91 bits per heavy atom. The summed E-state index contributed by atoms with van der Waals surface area (Å²) in [4.78, 5) is 4.25. The number of nitrogens with zero attached hydrogens (tertiary/aromatic N) is 3. The molecule has 0 amide bonds. The predicted octanol–water partition coefficient (Wildman–Crippen LogP) is 1.79. The van der Waals surface area contributed by atoms with Crippen LogP contribution in [0.15, 0.2) is 33.7 Å². The Morgan fingerprint density at radius 1 is 1.41 bits per heavy atom. The summed E-state index contributed by atoms with van der Waals surface area (Å²) in [6.45, 7) is 2.33. The third kappa shape index (κ3) is 3.00. The quantitative estimate of drug-likeness (QED) is 0.844. The van der Waals surface area contributed by atoms with E-state index in [1.165, 1.54) is 16.4 Å². The molecule has 1 aliphatic rings. The first-order valence-corrected chi connectivity index (χ1v) is 8.46. The number of ether oxygens (including phenoxy) is 1. The van der Waals surface area contributed by atoms with Crippen LogP contribution in [0, 0.1) is 6.92 Å². The summed E-state index contributed by atoms with van der Waals surface area (Å²) in [7, 11) is -3.64. The van der Waals surface area contributed by atoms with Gasteiger partial charge in [-0.05, 0) is 18.2 Å². The second-order valence-corrected chi connectivity index (χ2v) is 7.23. The Labute approximate surface area is 132 Å². The smallest absolute Gasteiger partial charge is 0.243 e. The van der Waals surface area contributed by atoms with Gasteiger partial charge >= 0.3 is 0 Å². The molecule has 1 aromatic heterocycles.